The third-order valence-electron chi connectivity index (χ3n) is 6.48. The van der Waals surface area contributed by atoms with Crippen molar-refractivity contribution >= 4 is 16.7 Å². The minimum atomic E-state index is -0.254. The van der Waals surface area contributed by atoms with Gasteiger partial charge in [0.1, 0.15) is 0 Å². The number of hydrogen-bond acceptors (Lipinski definition) is 4. The summed E-state index contributed by atoms with van der Waals surface area (Å²) >= 11 is 0. The van der Waals surface area contributed by atoms with E-state index >= 15 is 0 Å². The summed E-state index contributed by atoms with van der Waals surface area (Å²) < 4.78 is 5.81. The summed E-state index contributed by atoms with van der Waals surface area (Å²) in [5, 5.41) is 1.00. The van der Waals surface area contributed by atoms with Crippen molar-refractivity contribution in [3.63, 3.8) is 0 Å². The van der Waals surface area contributed by atoms with E-state index in [2.05, 4.69) is 26.9 Å². The predicted octanol–water partition coefficient (Wildman–Crippen LogP) is 3.89. The number of ketones is 1. The van der Waals surface area contributed by atoms with Crippen molar-refractivity contribution in [2.45, 2.75) is 25.0 Å². The quantitative estimate of drug-likeness (QED) is 0.635. The van der Waals surface area contributed by atoms with E-state index < -0.39 is 0 Å². The van der Waals surface area contributed by atoms with Crippen LogP contribution in [0.5, 0.6) is 0 Å². The number of benzene rings is 2. The third kappa shape index (κ3) is 3.93. The van der Waals surface area contributed by atoms with Crippen molar-refractivity contribution in [2.75, 3.05) is 39.3 Å². The molecule has 2 fully saturated rings. The number of fused-ring (bicyclic) bond motifs is 1. The minimum Gasteiger partial charge on any atom is -0.377 e. The zero-order chi connectivity index (χ0) is 20.3. The maximum absolute atomic E-state index is 13.8. The summed E-state index contributed by atoms with van der Waals surface area (Å²) in [5.41, 5.74) is 2.86. The van der Waals surface area contributed by atoms with Gasteiger partial charge in [0.25, 0.3) is 0 Å². The number of aromatic nitrogens is 1. The van der Waals surface area contributed by atoms with E-state index in [4.69, 9.17) is 4.74 Å². The Balaban J connectivity index is 1.37. The largest absolute Gasteiger partial charge is 0.377 e. The summed E-state index contributed by atoms with van der Waals surface area (Å²) in [6.07, 6.45) is 4.61. The zero-order valence-electron chi connectivity index (χ0n) is 17.3. The molecule has 5 rings (SSSR count). The summed E-state index contributed by atoms with van der Waals surface area (Å²) in [5.74, 6) is 0.172. The van der Waals surface area contributed by atoms with Gasteiger partial charge in [0.15, 0.2) is 5.78 Å². The molecule has 1 aromatic heterocycles. The van der Waals surface area contributed by atoms with Crippen LogP contribution >= 0.6 is 0 Å². The Bertz CT molecular complexity index is 986. The predicted molar refractivity (Wildman–Crippen MR) is 119 cm³/mol. The van der Waals surface area contributed by atoms with Crippen LogP contribution in [0.25, 0.3) is 10.9 Å². The molecule has 0 amide bonds. The van der Waals surface area contributed by atoms with Gasteiger partial charge in [-0.2, -0.15) is 0 Å². The SMILES string of the molecule is O=C(c1c[nH]c2ccccc12)[C@@H](c1ccccc1)N1CCN(C[C@@H]2CCCO2)CC1. The first-order valence-corrected chi connectivity index (χ1v) is 11.0. The van der Waals surface area contributed by atoms with Gasteiger partial charge in [0, 0.05) is 62.0 Å². The Morgan fingerprint density at radius 1 is 1.03 bits per heavy atom. The van der Waals surface area contributed by atoms with Gasteiger partial charge < -0.3 is 9.72 Å². The molecule has 5 nitrogen and oxygen atoms in total. The van der Waals surface area contributed by atoms with Crippen molar-refractivity contribution in [1.29, 1.82) is 0 Å². The molecule has 3 heterocycles. The number of aromatic amines is 1. The Morgan fingerprint density at radius 2 is 1.80 bits per heavy atom. The van der Waals surface area contributed by atoms with Gasteiger partial charge in [-0.1, -0.05) is 48.5 Å². The van der Waals surface area contributed by atoms with Gasteiger partial charge in [-0.15, -0.1) is 0 Å². The van der Waals surface area contributed by atoms with E-state index in [-0.39, 0.29) is 11.8 Å². The normalized spacial score (nSPS) is 21.8. The lowest BCUT2D eigenvalue weighted by Gasteiger charge is -2.39. The van der Waals surface area contributed by atoms with E-state index in [9.17, 15) is 4.79 Å². The number of hydrogen-bond donors (Lipinski definition) is 1. The van der Waals surface area contributed by atoms with Crippen LogP contribution in [-0.2, 0) is 4.74 Å². The molecule has 2 aliphatic heterocycles. The first-order valence-electron chi connectivity index (χ1n) is 11.0. The lowest BCUT2D eigenvalue weighted by Crippen LogP contribution is -2.50. The second-order valence-electron chi connectivity index (χ2n) is 8.40. The Morgan fingerprint density at radius 3 is 2.57 bits per heavy atom. The molecule has 3 aromatic rings. The van der Waals surface area contributed by atoms with E-state index in [1.165, 1.54) is 12.8 Å². The van der Waals surface area contributed by atoms with Crippen LogP contribution in [0, 0.1) is 0 Å². The molecule has 30 heavy (non-hydrogen) atoms. The van der Waals surface area contributed by atoms with Crippen LogP contribution in [0.4, 0.5) is 0 Å². The molecular weight excluding hydrogens is 374 g/mol. The molecule has 0 aliphatic carbocycles. The number of Topliss-reactive ketones (excluding diaryl/α,β-unsaturated/α-hetero) is 1. The number of carbonyl (C=O) groups excluding carboxylic acids is 1. The van der Waals surface area contributed by atoms with Crippen LogP contribution in [0.3, 0.4) is 0 Å². The summed E-state index contributed by atoms with van der Waals surface area (Å²) in [4.78, 5) is 21.9. The van der Waals surface area contributed by atoms with Crippen molar-refractivity contribution in [2.24, 2.45) is 0 Å². The maximum Gasteiger partial charge on any atom is 0.186 e. The lowest BCUT2D eigenvalue weighted by atomic mass is 9.95. The smallest absolute Gasteiger partial charge is 0.186 e. The summed E-state index contributed by atoms with van der Waals surface area (Å²) in [6, 6.07) is 18.0. The highest BCUT2D eigenvalue weighted by atomic mass is 16.5. The van der Waals surface area contributed by atoms with Crippen molar-refractivity contribution in [3.05, 3.63) is 71.9 Å². The molecule has 5 heteroatoms. The standard InChI is InChI=1S/C25H29N3O2/c29-25(22-17-26-23-11-5-4-10-21(22)23)24(19-7-2-1-3-8-19)28-14-12-27(13-15-28)18-20-9-6-16-30-20/h1-5,7-8,10-11,17,20,24,26H,6,9,12-16,18H2/t20-,24+/m0/s1. The summed E-state index contributed by atoms with van der Waals surface area (Å²) in [7, 11) is 0. The fourth-order valence-corrected chi connectivity index (χ4v) is 4.87. The number of carbonyl (C=O) groups is 1. The average molecular weight is 404 g/mol. The number of H-pyrrole nitrogens is 1. The van der Waals surface area contributed by atoms with Gasteiger partial charge >= 0.3 is 0 Å². The van der Waals surface area contributed by atoms with E-state index in [1.807, 2.05) is 48.7 Å². The van der Waals surface area contributed by atoms with E-state index in [0.29, 0.717) is 6.10 Å². The highest BCUT2D eigenvalue weighted by Gasteiger charge is 2.33. The number of piperazine rings is 1. The Hall–Kier alpha value is -2.47. The highest BCUT2D eigenvalue weighted by Crippen LogP contribution is 2.30. The van der Waals surface area contributed by atoms with E-state index in [0.717, 1.165) is 61.4 Å². The van der Waals surface area contributed by atoms with Crippen molar-refractivity contribution < 1.29 is 9.53 Å². The molecule has 0 radical (unpaired) electrons. The van der Waals surface area contributed by atoms with Gasteiger partial charge in [0.2, 0.25) is 0 Å². The number of ether oxygens (including phenoxy) is 1. The Kier molecular flexibility index (Phi) is 5.67. The first-order chi connectivity index (χ1) is 14.8. The maximum atomic E-state index is 13.8. The molecule has 2 saturated heterocycles. The van der Waals surface area contributed by atoms with E-state index in [1.54, 1.807) is 0 Å². The minimum absolute atomic E-state index is 0.172. The molecule has 156 valence electrons. The van der Waals surface area contributed by atoms with Crippen LogP contribution in [0.15, 0.2) is 60.8 Å². The van der Waals surface area contributed by atoms with Gasteiger partial charge in [0.05, 0.1) is 12.1 Å². The number of para-hydroxylation sites is 1. The molecule has 0 unspecified atom stereocenters. The van der Waals surface area contributed by atoms with Crippen molar-refractivity contribution in [3.8, 4) is 0 Å². The monoisotopic (exact) mass is 403 g/mol. The molecule has 2 atom stereocenters. The van der Waals surface area contributed by atoms with Gasteiger partial charge in [-0.25, -0.2) is 0 Å². The van der Waals surface area contributed by atoms with Crippen LogP contribution in [0.1, 0.15) is 34.8 Å². The second kappa shape index (κ2) is 8.72. The average Bonchev–Trinajstić information content (AvgIpc) is 3.46. The fraction of sp³-hybridized carbons (Fsp3) is 0.400. The van der Waals surface area contributed by atoms with Crippen molar-refractivity contribution in [1.82, 2.24) is 14.8 Å². The van der Waals surface area contributed by atoms with Gasteiger partial charge in [-0.05, 0) is 24.5 Å². The topological polar surface area (TPSA) is 48.6 Å². The number of rotatable bonds is 6. The summed E-state index contributed by atoms with van der Waals surface area (Å²) in [6.45, 7) is 5.65. The fourth-order valence-electron chi connectivity index (χ4n) is 4.87. The van der Waals surface area contributed by atoms with Gasteiger partial charge in [-0.3, -0.25) is 14.6 Å². The second-order valence-corrected chi connectivity index (χ2v) is 8.40. The highest BCUT2D eigenvalue weighted by molar-refractivity contribution is 6.10. The molecule has 0 spiro atoms. The van der Waals surface area contributed by atoms with Crippen LogP contribution < -0.4 is 0 Å². The molecule has 2 aliphatic rings. The molecule has 1 N–H and O–H groups in total. The molecule has 0 saturated carbocycles. The molecule has 2 aromatic carbocycles. The molecular formula is C25H29N3O2. The van der Waals surface area contributed by atoms with Crippen LogP contribution in [-0.4, -0.2) is 66.0 Å². The number of nitrogens with one attached hydrogen (secondary N) is 1. The first kappa shape index (κ1) is 19.5. The number of nitrogens with zero attached hydrogens (tertiary/aromatic N) is 2. The zero-order valence-corrected chi connectivity index (χ0v) is 17.3. The lowest BCUT2D eigenvalue weighted by molar-refractivity contribution is 0.0378. The third-order valence-corrected chi connectivity index (χ3v) is 6.48. The molecule has 0 bridgehead atoms. The van der Waals surface area contributed by atoms with Crippen LogP contribution in [0.2, 0.25) is 0 Å². The Labute approximate surface area is 177 Å².